The molecule has 1 heterocycles. The van der Waals surface area contributed by atoms with Gasteiger partial charge < -0.3 is 10.6 Å². The van der Waals surface area contributed by atoms with Gasteiger partial charge in [0, 0.05) is 16.4 Å². The first kappa shape index (κ1) is 16.5. The number of hydrogen-bond acceptors (Lipinski definition) is 2. The summed E-state index contributed by atoms with van der Waals surface area (Å²) in [5.41, 5.74) is 3.37. The van der Waals surface area contributed by atoms with Crippen molar-refractivity contribution in [3.8, 4) is 0 Å². The molecule has 0 aromatic heterocycles. The summed E-state index contributed by atoms with van der Waals surface area (Å²) >= 11 is 5.85. The van der Waals surface area contributed by atoms with Crippen molar-refractivity contribution in [2.75, 3.05) is 10.6 Å². The number of benzene rings is 2. The van der Waals surface area contributed by atoms with Gasteiger partial charge in [0.25, 0.3) is 0 Å². The monoisotopic (exact) mass is 342 g/mol. The molecule has 2 N–H and O–H groups in total. The molecule has 2 aromatic carbocycles. The quantitative estimate of drug-likeness (QED) is 0.874. The van der Waals surface area contributed by atoms with Crippen LogP contribution in [0.3, 0.4) is 0 Å². The highest BCUT2D eigenvalue weighted by molar-refractivity contribution is 6.30. The molecule has 0 spiro atoms. The molecule has 24 heavy (non-hydrogen) atoms. The highest BCUT2D eigenvalue weighted by atomic mass is 35.5. The maximum Gasteiger partial charge on any atom is 0.232 e. The van der Waals surface area contributed by atoms with Crippen molar-refractivity contribution >= 4 is 34.8 Å². The molecule has 2 amide bonds. The first-order chi connectivity index (χ1) is 11.4. The fourth-order valence-electron chi connectivity index (χ4n) is 3.02. The van der Waals surface area contributed by atoms with Gasteiger partial charge in [0.1, 0.15) is 0 Å². The van der Waals surface area contributed by atoms with E-state index in [-0.39, 0.29) is 30.1 Å². The van der Waals surface area contributed by atoms with Crippen LogP contribution in [-0.2, 0) is 16.0 Å². The van der Waals surface area contributed by atoms with Crippen molar-refractivity contribution in [1.29, 1.82) is 0 Å². The van der Waals surface area contributed by atoms with Gasteiger partial charge in [-0.05, 0) is 47.4 Å². The molecular weight excluding hydrogens is 324 g/mol. The van der Waals surface area contributed by atoms with Gasteiger partial charge in [0.2, 0.25) is 11.8 Å². The summed E-state index contributed by atoms with van der Waals surface area (Å²) < 4.78 is 0. The molecule has 0 radical (unpaired) electrons. The van der Waals surface area contributed by atoms with Gasteiger partial charge in [-0.25, -0.2) is 0 Å². The van der Waals surface area contributed by atoms with E-state index in [2.05, 4.69) is 10.6 Å². The number of amides is 2. The third-order valence-corrected chi connectivity index (χ3v) is 4.41. The van der Waals surface area contributed by atoms with Crippen LogP contribution in [-0.4, -0.2) is 11.8 Å². The first-order valence-corrected chi connectivity index (χ1v) is 8.31. The third-order valence-electron chi connectivity index (χ3n) is 4.16. The van der Waals surface area contributed by atoms with E-state index < -0.39 is 0 Å². The lowest BCUT2D eigenvalue weighted by Gasteiger charge is -2.14. The summed E-state index contributed by atoms with van der Waals surface area (Å²) in [7, 11) is 0. The standard InChI is InChI=1S/C19H19ClN2O2/c1-11(2)18-15-10-14(7-8-16(15)22-19(18)24)21-17(23)9-12-3-5-13(20)6-4-12/h3-8,10-11,18H,9H2,1-2H3,(H,21,23)(H,22,24). The Balaban J connectivity index is 1.73. The Labute approximate surface area is 146 Å². The molecule has 0 aliphatic carbocycles. The number of carbonyl (C=O) groups excluding carboxylic acids is 2. The Kier molecular flexibility index (Phi) is 4.58. The molecule has 1 atom stereocenters. The SMILES string of the molecule is CC(C)C1C(=O)Nc2ccc(NC(=O)Cc3ccc(Cl)cc3)cc21. The lowest BCUT2D eigenvalue weighted by atomic mass is 9.89. The Bertz CT molecular complexity index is 784. The van der Waals surface area contributed by atoms with E-state index >= 15 is 0 Å². The van der Waals surface area contributed by atoms with Crippen LogP contribution in [0.2, 0.25) is 5.02 Å². The molecule has 5 heteroatoms. The number of nitrogens with one attached hydrogen (secondary N) is 2. The molecule has 2 aromatic rings. The van der Waals surface area contributed by atoms with E-state index in [1.165, 1.54) is 0 Å². The number of anilines is 2. The molecule has 1 aliphatic rings. The maximum atomic E-state index is 12.2. The van der Waals surface area contributed by atoms with Crippen LogP contribution in [0.1, 0.15) is 30.9 Å². The number of rotatable bonds is 4. The predicted octanol–water partition coefficient (Wildman–Crippen LogP) is 4.21. The van der Waals surface area contributed by atoms with Crippen molar-refractivity contribution in [1.82, 2.24) is 0 Å². The van der Waals surface area contributed by atoms with Crippen LogP contribution in [0.5, 0.6) is 0 Å². The minimum atomic E-state index is -0.173. The molecule has 4 nitrogen and oxygen atoms in total. The average molecular weight is 343 g/mol. The lowest BCUT2D eigenvalue weighted by molar-refractivity contribution is -0.118. The van der Waals surface area contributed by atoms with Crippen LogP contribution in [0.25, 0.3) is 0 Å². The molecular formula is C19H19ClN2O2. The Morgan fingerprint density at radius 2 is 1.92 bits per heavy atom. The highest BCUT2D eigenvalue weighted by Gasteiger charge is 2.32. The molecule has 1 aliphatic heterocycles. The molecule has 0 fully saturated rings. The topological polar surface area (TPSA) is 58.2 Å². The van der Waals surface area contributed by atoms with E-state index in [4.69, 9.17) is 11.6 Å². The third kappa shape index (κ3) is 3.44. The zero-order chi connectivity index (χ0) is 17.3. The maximum absolute atomic E-state index is 12.2. The number of fused-ring (bicyclic) bond motifs is 1. The summed E-state index contributed by atoms with van der Waals surface area (Å²) in [5, 5.41) is 6.44. The van der Waals surface area contributed by atoms with E-state index in [0.29, 0.717) is 10.7 Å². The normalized spacial score (nSPS) is 16.0. The lowest BCUT2D eigenvalue weighted by Crippen LogP contribution is -2.17. The second kappa shape index (κ2) is 6.65. The van der Waals surface area contributed by atoms with Crippen molar-refractivity contribution in [3.63, 3.8) is 0 Å². The van der Waals surface area contributed by atoms with Gasteiger partial charge in [0.15, 0.2) is 0 Å². The van der Waals surface area contributed by atoms with Crippen LogP contribution >= 0.6 is 11.6 Å². The van der Waals surface area contributed by atoms with Crippen molar-refractivity contribution < 1.29 is 9.59 Å². The Morgan fingerprint density at radius 1 is 1.21 bits per heavy atom. The molecule has 1 unspecified atom stereocenters. The van der Waals surface area contributed by atoms with E-state index in [1.54, 1.807) is 12.1 Å². The van der Waals surface area contributed by atoms with Crippen LogP contribution < -0.4 is 10.6 Å². The fourth-order valence-corrected chi connectivity index (χ4v) is 3.14. The van der Waals surface area contributed by atoms with Crippen molar-refractivity contribution in [3.05, 3.63) is 58.6 Å². The van der Waals surface area contributed by atoms with Gasteiger partial charge in [0.05, 0.1) is 12.3 Å². The number of halogens is 1. The first-order valence-electron chi connectivity index (χ1n) is 7.93. The largest absolute Gasteiger partial charge is 0.326 e. The second-order valence-electron chi connectivity index (χ2n) is 6.36. The summed E-state index contributed by atoms with van der Waals surface area (Å²) in [4.78, 5) is 24.3. The molecule has 0 bridgehead atoms. The summed E-state index contributed by atoms with van der Waals surface area (Å²) in [6.45, 7) is 4.04. The van der Waals surface area contributed by atoms with Gasteiger partial charge >= 0.3 is 0 Å². The van der Waals surface area contributed by atoms with Gasteiger partial charge in [-0.2, -0.15) is 0 Å². The van der Waals surface area contributed by atoms with Gasteiger partial charge in [-0.15, -0.1) is 0 Å². The van der Waals surface area contributed by atoms with Crippen LogP contribution in [0, 0.1) is 5.92 Å². The highest BCUT2D eigenvalue weighted by Crippen LogP contribution is 2.38. The smallest absolute Gasteiger partial charge is 0.232 e. The molecule has 0 saturated heterocycles. The summed E-state index contributed by atoms with van der Waals surface area (Å²) in [6, 6.07) is 12.7. The fraction of sp³-hybridized carbons (Fsp3) is 0.263. The average Bonchev–Trinajstić information content (AvgIpc) is 2.84. The predicted molar refractivity (Wildman–Crippen MR) is 96.4 cm³/mol. The van der Waals surface area contributed by atoms with E-state index in [1.807, 2.05) is 44.2 Å². The Morgan fingerprint density at radius 3 is 2.58 bits per heavy atom. The molecule has 3 rings (SSSR count). The van der Waals surface area contributed by atoms with Gasteiger partial charge in [-0.1, -0.05) is 37.6 Å². The number of hydrogen-bond donors (Lipinski definition) is 2. The molecule has 0 saturated carbocycles. The van der Waals surface area contributed by atoms with E-state index in [0.717, 1.165) is 16.8 Å². The number of carbonyl (C=O) groups is 2. The van der Waals surface area contributed by atoms with Gasteiger partial charge in [-0.3, -0.25) is 9.59 Å². The van der Waals surface area contributed by atoms with E-state index in [9.17, 15) is 9.59 Å². The Hall–Kier alpha value is -2.33. The van der Waals surface area contributed by atoms with Crippen LogP contribution in [0.4, 0.5) is 11.4 Å². The zero-order valence-electron chi connectivity index (χ0n) is 13.6. The zero-order valence-corrected chi connectivity index (χ0v) is 14.4. The van der Waals surface area contributed by atoms with Crippen molar-refractivity contribution in [2.24, 2.45) is 5.92 Å². The summed E-state index contributed by atoms with van der Waals surface area (Å²) in [6.07, 6.45) is 0.277. The van der Waals surface area contributed by atoms with Crippen LogP contribution in [0.15, 0.2) is 42.5 Å². The molecule has 124 valence electrons. The van der Waals surface area contributed by atoms with Crippen molar-refractivity contribution in [2.45, 2.75) is 26.2 Å². The summed E-state index contributed by atoms with van der Waals surface area (Å²) in [5.74, 6) is -0.0559. The second-order valence-corrected chi connectivity index (χ2v) is 6.80. The minimum absolute atomic E-state index is 0.0182. The minimum Gasteiger partial charge on any atom is -0.326 e.